The predicted molar refractivity (Wildman–Crippen MR) is 148 cm³/mol. The first-order valence-corrected chi connectivity index (χ1v) is 13.6. The van der Waals surface area contributed by atoms with Gasteiger partial charge in [-0.2, -0.15) is 0 Å². The number of nitrogens with zero attached hydrogens (tertiary/aromatic N) is 1. The number of aliphatic hydroxyl groups excluding tert-OH is 1. The fraction of sp³-hybridized carbons (Fsp3) is 0.452. The zero-order valence-corrected chi connectivity index (χ0v) is 22.7. The number of hydrogen-bond donors (Lipinski definition) is 3. The van der Waals surface area contributed by atoms with Crippen molar-refractivity contribution < 1.29 is 19.5 Å². The van der Waals surface area contributed by atoms with Gasteiger partial charge in [0.05, 0.1) is 24.5 Å². The highest BCUT2D eigenvalue weighted by Crippen LogP contribution is 2.46. The van der Waals surface area contributed by atoms with E-state index in [2.05, 4.69) is 17.6 Å². The molecule has 2 aromatic rings. The topological polar surface area (TPSA) is 98.7 Å². The van der Waals surface area contributed by atoms with Crippen LogP contribution in [0.5, 0.6) is 0 Å². The predicted octanol–water partition coefficient (Wildman–Crippen LogP) is 3.64. The number of benzene rings is 2. The summed E-state index contributed by atoms with van der Waals surface area (Å²) in [6.07, 6.45) is 6.04. The average molecular weight is 518 g/mol. The van der Waals surface area contributed by atoms with Crippen LogP contribution < -0.4 is 10.6 Å². The van der Waals surface area contributed by atoms with E-state index in [0.717, 1.165) is 29.5 Å². The molecular weight excluding hydrogens is 478 g/mol. The fourth-order valence-corrected chi connectivity index (χ4v) is 6.19. The smallest absolute Gasteiger partial charge is 0.247 e. The number of rotatable bonds is 9. The van der Waals surface area contributed by atoms with E-state index in [9.17, 15) is 19.5 Å². The van der Waals surface area contributed by atoms with E-state index in [0.29, 0.717) is 12.1 Å². The summed E-state index contributed by atoms with van der Waals surface area (Å²) < 4.78 is 0. The van der Waals surface area contributed by atoms with E-state index in [1.807, 2.05) is 74.5 Å². The Balaban J connectivity index is 1.77. The van der Waals surface area contributed by atoms with Gasteiger partial charge in [-0.1, -0.05) is 68.0 Å². The molecule has 2 aromatic carbocycles. The number of amides is 3. The van der Waals surface area contributed by atoms with Crippen molar-refractivity contribution in [1.82, 2.24) is 10.2 Å². The molecule has 38 heavy (non-hydrogen) atoms. The number of likely N-dealkylation sites (tertiary alicyclic amines) is 1. The minimum absolute atomic E-state index is 0.0884. The fourth-order valence-electron chi connectivity index (χ4n) is 6.19. The Hall–Kier alpha value is -3.45. The molecule has 3 N–H and O–H groups in total. The molecule has 202 valence electrons. The Labute approximate surface area is 225 Å². The Bertz CT molecular complexity index is 1190. The van der Waals surface area contributed by atoms with E-state index in [1.165, 1.54) is 0 Å². The van der Waals surface area contributed by atoms with Crippen molar-refractivity contribution in [3.63, 3.8) is 0 Å². The third-order valence-electron chi connectivity index (χ3n) is 8.06. The van der Waals surface area contributed by atoms with E-state index in [-0.39, 0.29) is 30.2 Å². The van der Waals surface area contributed by atoms with Crippen molar-refractivity contribution in [2.45, 2.75) is 52.1 Å². The maximum Gasteiger partial charge on any atom is 0.247 e. The van der Waals surface area contributed by atoms with Gasteiger partial charge in [0.15, 0.2) is 0 Å². The number of carbonyl (C=O) groups excluding carboxylic acids is 3. The van der Waals surface area contributed by atoms with Gasteiger partial charge in [-0.05, 0) is 55.4 Å². The Kier molecular flexibility index (Phi) is 8.67. The van der Waals surface area contributed by atoms with Gasteiger partial charge in [0.25, 0.3) is 0 Å². The molecule has 1 fully saturated rings. The van der Waals surface area contributed by atoms with Crippen molar-refractivity contribution in [2.24, 2.45) is 23.7 Å². The number of aryl methyl sites for hydroxylation is 2. The van der Waals surface area contributed by atoms with Gasteiger partial charge in [-0.15, -0.1) is 0 Å². The van der Waals surface area contributed by atoms with Gasteiger partial charge in [-0.25, -0.2) is 0 Å². The zero-order valence-electron chi connectivity index (χ0n) is 22.7. The first-order chi connectivity index (χ1) is 18.3. The SMILES string of the molecule is CCC[C@@H]1C=C[C@H]2[C@@H](C(=O)N([C@@H](CO)Cc3ccccc3)[C@@H]2C(=O)Nc2cc(C)ccc2C)[C@@H]1C(=O)NC. The van der Waals surface area contributed by atoms with Crippen LogP contribution in [0.2, 0.25) is 0 Å². The lowest BCUT2D eigenvalue weighted by Gasteiger charge is -2.34. The molecule has 0 bridgehead atoms. The first kappa shape index (κ1) is 27.6. The molecule has 4 rings (SSSR count). The molecular formula is C31H39N3O4. The van der Waals surface area contributed by atoms with E-state index >= 15 is 0 Å². The Morgan fingerprint density at radius 3 is 2.45 bits per heavy atom. The molecule has 3 amide bonds. The molecule has 0 unspecified atom stereocenters. The van der Waals surface area contributed by atoms with Crippen molar-refractivity contribution in [3.05, 3.63) is 77.4 Å². The van der Waals surface area contributed by atoms with Gasteiger partial charge < -0.3 is 20.6 Å². The molecule has 1 saturated heterocycles. The number of aliphatic hydroxyl groups is 1. The monoisotopic (exact) mass is 517 g/mol. The van der Waals surface area contributed by atoms with Crippen molar-refractivity contribution in [2.75, 3.05) is 19.0 Å². The van der Waals surface area contributed by atoms with Crippen LogP contribution in [-0.2, 0) is 20.8 Å². The lowest BCUT2D eigenvalue weighted by atomic mass is 9.68. The Morgan fingerprint density at radius 2 is 1.79 bits per heavy atom. The van der Waals surface area contributed by atoms with E-state index < -0.39 is 29.8 Å². The molecule has 7 nitrogen and oxygen atoms in total. The van der Waals surface area contributed by atoms with Gasteiger partial charge in [0.2, 0.25) is 17.7 Å². The first-order valence-electron chi connectivity index (χ1n) is 13.6. The van der Waals surface area contributed by atoms with Crippen molar-refractivity contribution in [3.8, 4) is 0 Å². The van der Waals surface area contributed by atoms with Gasteiger partial charge in [0.1, 0.15) is 6.04 Å². The summed E-state index contributed by atoms with van der Waals surface area (Å²) in [6, 6.07) is 14.1. The number of carbonyl (C=O) groups is 3. The summed E-state index contributed by atoms with van der Waals surface area (Å²) >= 11 is 0. The highest BCUT2D eigenvalue weighted by atomic mass is 16.3. The maximum absolute atomic E-state index is 14.2. The van der Waals surface area contributed by atoms with Gasteiger partial charge in [-0.3, -0.25) is 14.4 Å². The normalized spacial score (nSPS) is 25.1. The van der Waals surface area contributed by atoms with Crippen LogP contribution in [0.25, 0.3) is 0 Å². The summed E-state index contributed by atoms with van der Waals surface area (Å²) in [7, 11) is 1.59. The number of nitrogens with one attached hydrogen (secondary N) is 2. The lowest BCUT2D eigenvalue weighted by molar-refractivity contribution is -0.142. The molecule has 0 radical (unpaired) electrons. The zero-order chi connectivity index (χ0) is 27.4. The maximum atomic E-state index is 14.2. The van der Waals surface area contributed by atoms with Crippen LogP contribution in [0, 0.1) is 37.5 Å². The van der Waals surface area contributed by atoms with Crippen LogP contribution in [-0.4, -0.2) is 53.5 Å². The van der Waals surface area contributed by atoms with Crippen molar-refractivity contribution in [1.29, 1.82) is 0 Å². The molecule has 0 saturated carbocycles. The van der Waals surface area contributed by atoms with Crippen LogP contribution >= 0.6 is 0 Å². The molecule has 0 aromatic heterocycles. The molecule has 1 heterocycles. The van der Waals surface area contributed by atoms with Gasteiger partial charge >= 0.3 is 0 Å². The highest BCUT2D eigenvalue weighted by molar-refractivity contribution is 6.02. The second-order valence-electron chi connectivity index (χ2n) is 10.6. The Morgan fingerprint density at radius 1 is 1.05 bits per heavy atom. The number of fused-ring (bicyclic) bond motifs is 1. The molecule has 0 spiro atoms. The quantitative estimate of drug-likeness (QED) is 0.443. The van der Waals surface area contributed by atoms with E-state index in [1.54, 1.807) is 11.9 Å². The average Bonchev–Trinajstić information content (AvgIpc) is 3.21. The summed E-state index contributed by atoms with van der Waals surface area (Å²) in [5.41, 5.74) is 3.59. The molecule has 2 aliphatic rings. The second kappa shape index (κ2) is 11.9. The van der Waals surface area contributed by atoms with Crippen LogP contribution in [0.4, 0.5) is 5.69 Å². The molecule has 1 aliphatic carbocycles. The molecule has 7 heteroatoms. The highest BCUT2D eigenvalue weighted by Gasteiger charge is 2.58. The second-order valence-corrected chi connectivity index (χ2v) is 10.6. The molecule has 6 atom stereocenters. The number of anilines is 1. The number of allylic oxidation sites excluding steroid dienone is 1. The third kappa shape index (κ3) is 5.39. The van der Waals surface area contributed by atoms with E-state index in [4.69, 9.17) is 0 Å². The summed E-state index contributed by atoms with van der Waals surface area (Å²) in [5, 5.41) is 16.3. The summed E-state index contributed by atoms with van der Waals surface area (Å²) in [5.74, 6) is -2.54. The van der Waals surface area contributed by atoms with Crippen LogP contribution in [0.3, 0.4) is 0 Å². The minimum atomic E-state index is -0.848. The minimum Gasteiger partial charge on any atom is -0.394 e. The summed E-state index contributed by atoms with van der Waals surface area (Å²) in [6.45, 7) is 5.66. The van der Waals surface area contributed by atoms with Crippen LogP contribution in [0.15, 0.2) is 60.7 Å². The summed E-state index contributed by atoms with van der Waals surface area (Å²) in [4.78, 5) is 42.9. The largest absolute Gasteiger partial charge is 0.394 e. The van der Waals surface area contributed by atoms with Crippen molar-refractivity contribution >= 4 is 23.4 Å². The number of hydrogen-bond acceptors (Lipinski definition) is 4. The van der Waals surface area contributed by atoms with Gasteiger partial charge in [0, 0.05) is 18.7 Å². The standard InChI is InChI=1S/C31H39N3O4/c1-5-9-22-14-15-24-27(26(22)29(36)32-4)31(38)34(23(18-35)17-21-10-7-6-8-11-21)28(24)30(37)33-25-16-19(2)12-13-20(25)3/h6-8,10-16,22-24,26-28,35H,5,9,17-18H2,1-4H3,(H,32,36)(H,33,37)/t22-,23-,24+,26-,27-,28+/m1/s1. The van der Waals surface area contributed by atoms with Crippen LogP contribution in [0.1, 0.15) is 36.5 Å². The molecule has 1 aliphatic heterocycles. The third-order valence-corrected chi connectivity index (χ3v) is 8.06. The lowest BCUT2D eigenvalue weighted by Crippen LogP contribution is -2.51.